The highest BCUT2D eigenvalue weighted by Gasteiger charge is 2.25. The van der Waals surface area contributed by atoms with E-state index in [9.17, 15) is 9.59 Å². The van der Waals surface area contributed by atoms with Gasteiger partial charge in [-0.05, 0) is 18.8 Å². The molecule has 0 heterocycles. The van der Waals surface area contributed by atoms with Crippen LogP contribution in [0.1, 0.15) is 47.0 Å². The van der Waals surface area contributed by atoms with Crippen LogP contribution in [0.15, 0.2) is 0 Å². The Morgan fingerprint density at radius 2 is 1.84 bits per heavy atom. The maximum atomic E-state index is 12.3. The number of nitrogens with zero attached hydrogens (tertiary/aromatic N) is 1. The molecule has 0 radical (unpaired) electrons. The maximum absolute atomic E-state index is 12.3. The lowest BCUT2D eigenvalue weighted by Gasteiger charge is -2.27. The second-order valence-electron chi connectivity index (χ2n) is 5.02. The van der Waals surface area contributed by atoms with Crippen molar-refractivity contribution >= 4 is 11.8 Å². The van der Waals surface area contributed by atoms with Gasteiger partial charge in [0.25, 0.3) is 0 Å². The van der Waals surface area contributed by atoms with Crippen molar-refractivity contribution in [2.24, 2.45) is 11.7 Å². The van der Waals surface area contributed by atoms with Gasteiger partial charge in [0.2, 0.25) is 11.8 Å². The topological polar surface area (TPSA) is 75.4 Å². The molecule has 0 saturated carbocycles. The first kappa shape index (κ1) is 17.9. The van der Waals surface area contributed by atoms with E-state index in [1.54, 1.807) is 4.90 Å². The number of carbonyl (C=O) groups excluding carboxylic acids is 2. The van der Waals surface area contributed by atoms with Gasteiger partial charge in [0, 0.05) is 13.1 Å². The smallest absolute Gasteiger partial charge is 0.240 e. The molecule has 0 aromatic heterocycles. The molecule has 0 rings (SSSR count). The summed E-state index contributed by atoms with van der Waals surface area (Å²) in [5, 5.41) is 2.78. The van der Waals surface area contributed by atoms with Crippen molar-refractivity contribution in [2.75, 3.05) is 19.6 Å². The van der Waals surface area contributed by atoms with Crippen molar-refractivity contribution in [3.8, 4) is 0 Å². The van der Waals surface area contributed by atoms with Crippen molar-refractivity contribution in [2.45, 2.75) is 53.0 Å². The van der Waals surface area contributed by atoms with E-state index in [2.05, 4.69) is 5.32 Å². The lowest BCUT2D eigenvalue weighted by Crippen LogP contribution is -2.50. The van der Waals surface area contributed by atoms with Gasteiger partial charge in [0.1, 0.15) is 0 Å². The Morgan fingerprint density at radius 1 is 1.21 bits per heavy atom. The number of carbonyl (C=O) groups is 2. The molecule has 0 spiro atoms. The molecule has 0 aromatic rings. The molecule has 0 aliphatic carbocycles. The minimum atomic E-state index is -0.518. The Morgan fingerprint density at radius 3 is 2.32 bits per heavy atom. The second-order valence-corrected chi connectivity index (χ2v) is 5.02. The Balaban J connectivity index is 4.53. The third-order valence-electron chi connectivity index (χ3n) is 3.25. The summed E-state index contributed by atoms with van der Waals surface area (Å²) in [6.45, 7) is 9.27. The van der Waals surface area contributed by atoms with Crippen molar-refractivity contribution in [3.05, 3.63) is 0 Å². The zero-order valence-corrected chi connectivity index (χ0v) is 12.7. The number of hydrogen-bond donors (Lipinski definition) is 2. The summed E-state index contributed by atoms with van der Waals surface area (Å²) >= 11 is 0. The van der Waals surface area contributed by atoms with E-state index in [4.69, 9.17) is 5.73 Å². The molecule has 2 atom stereocenters. The van der Waals surface area contributed by atoms with Crippen molar-refractivity contribution in [1.82, 2.24) is 10.2 Å². The summed E-state index contributed by atoms with van der Waals surface area (Å²) in [6, 6.07) is -0.518. The monoisotopic (exact) mass is 271 g/mol. The van der Waals surface area contributed by atoms with Gasteiger partial charge in [-0.25, -0.2) is 0 Å². The molecule has 5 nitrogen and oxygen atoms in total. The average molecular weight is 271 g/mol. The van der Waals surface area contributed by atoms with Crippen LogP contribution >= 0.6 is 0 Å². The number of nitrogens with two attached hydrogens (primary N) is 1. The van der Waals surface area contributed by atoms with Crippen molar-refractivity contribution in [3.63, 3.8) is 0 Å². The fourth-order valence-electron chi connectivity index (χ4n) is 1.74. The third-order valence-corrected chi connectivity index (χ3v) is 3.25. The summed E-state index contributed by atoms with van der Waals surface area (Å²) in [5.74, 6) is -0.103. The lowest BCUT2D eigenvalue weighted by atomic mass is 9.99. The van der Waals surface area contributed by atoms with Crippen LogP contribution in [-0.4, -0.2) is 42.4 Å². The normalized spacial score (nSPS) is 13.7. The van der Waals surface area contributed by atoms with Crippen LogP contribution < -0.4 is 11.1 Å². The zero-order chi connectivity index (χ0) is 14.8. The number of amides is 2. The molecular weight excluding hydrogens is 242 g/mol. The molecule has 2 unspecified atom stereocenters. The van der Waals surface area contributed by atoms with E-state index in [1.165, 1.54) is 0 Å². The van der Waals surface area contributed by atoms with Crippen molar-refractivity contribution < 1.29 is 9.59 Å². The van der Waals surface area contributed by atoms with E-state index in [-0.39, 0.29) is 24.3 Å². The lowest BCUT2D eigenvalue weighted by molar-refractivity contribution is -0.138. The fourth-order valence-corrected chi connectivity index (χ4v) is 1.74. The van der Waals surface area contributed by atoms with Crippen LogP contribution in [0.4, 0.5) is 0 Å². The maximum Gasteiger partial charge on any atom is 0.240 e. The van der Waals surface area contributed by atoms with Gasteiger partial charge in [-0.1, -0.05) is 34.1 Å². The van der Waals surface area contributed by atoms with Gasteiger partial charge in [0.15, 0.2) is 0 Å². The first-order valence-electron chi connectivity index (χ1n) is 7.28. The Labute approximate surface area is 116 Å². The summed E-state index contributed by atoms with van der Waals surface area (Å²) in [4.78, 5) is 25.5. The molecular formula is C14H29N3O2. The highest BCUT2D eigenvalue weighted by Crippen LogP contribution is 2.09. The highest BCUT2D eigenvalue weighted by molar-refractivity contribution is 5.87. The molecule has 0 aliphatic heterocycles. The minimum absolute atomic E-state index is 0.108. The van der Waals surface area contributed by atoms with E-state index in [1.807, 2.05) is 27.7 Å². The number of hydrogen-bond acceptors (Lipinski definition) is 3. The van der Waals surface area contributed by atoms with E-state index < -0.39 is 6.04 Å². The highest BCUT2D eigenvalue weighted by atomic mass is 16.2. The molecule has 0 bridgehead atoms. The fraction of sp³-hybridized carbons (Fsp3) is 0.857. The summed E-state index contributed by atoms with van der Waals surface area (Å²) < 4.78 is 0. The molecule has 3 N–H and O–H groups in total. The van der Waals surface area contributed by atoms with E-state index >= 15 is 0 Å². The van der Waals surface area contributed by atoms with Gasteiger partial charge in [-0.2, -0.15) is 0 Å². The van der Waals surface area contributed by atoms with Crippen LogP contribution in [0.3, 0.4) is 0 Å². The zero-order valence-electron chi connectivity index (χ0n) is 12.7. The molecule has 0 aromatic carbocycles. The van der Waals surface area contributed by atoms with Gasteiger partial charge in [-0.15, -0.1) is 0 Å². The second kappa shape index (κ2) is 9.78. The first-order valence-corrected chi connectivity index (χ1v) is 7.28. The first-order chi connectivity index (χ1) is 8.97. The van der Waals surface area contributed by atoms with Gasteiger partial charge in [0.05, 0.1) is 12.6 Å². The average Bonchev–Trinajstić information content (AvgIpc) is 2.42. The summed E-state index contributed by atoms with van der Waals surface area (Å²) in [5.41, 5.74) is 5.96. The van der Waals surface area contributed by atoms with Gasteiger partial charge in [-0.3, -0.25) is 9.59 Å². The van der Waals surface area contributed by atoms with Crippen LogP contribution in [0.5, 0.6) is 0 Å². The number of rotatable bonds is 9. The summed E-state index contributed by atoms with van der Waals surface area (Å²) in [6.07, 6.45) is 2.56. The van der Waals surface area contributed by atoms with Crippen molar-refractivity contribution in [1.29, 1.82) is 0 Å². The Hall–Kier alpha value is -1.10. The molecule has 2 amide bonds. The standard InChI is InChI=1S/C14H29N3O2/c1-5-8-16-12(18)10-17(9-6-2)14(19)13(15)11(4)7-3/h11,13H,5-10,15H2,1-4H3,(H,16,18). The van der Waals surface area contributed by atoms with E-state index in [0.717, 1.165) is 19.3 Å². The molecule has 19 heavy (non-hydrogen) atoms. The minimum Gasteiger partial charge on any atom is -0.355 e. The quantitative estimate of drug-likeness (QED) is 0.660. The number of nitrogens with one attached hydrogen (secondary N) is 1. The molecule has 0 saturated heterocycles. The third kappa shape index (κ3) is 6.57. The SMILES string of the molecule is CCCNC(=O)CN(CCC)C(=O)C(N)C(C)CC. The Bertz CT molecular complexity index is 282. The van der Waals surface area contributed by atoms with Gasteiger partial charge >= 0.3 is 0 Å². The van der Waals surface area contributed by atoms with Crippen LogP contribution in [-0.2, 0) is 9.59 Å². The largest absolute Gasteiger partial charge is 0.355 e. The molecule has 112 valence electrons. The molecule has 0 fully saturated rings. The van der Waals surface area contributed by atoms with Crippen LogP contribution in [0.2, 0.25) is 0 Å². The molecule has 5 heteroatoms. The van der Waals surface area contributed by atoms with Crippen LogP contribution in [0, 0.1) is 5.92 Å². The van der Waals surface area contributed by atoms with Crippen LogP contribution in [0.25, 0.3) is 0 Å². The predicted molar refractivity (Wildman–Crippen MR) is 77.6 cm³/mol. The molecule has 0 aliphatic rings. The van der Waals surface area contributed by atoms with Gasteiger partial charge < -0.3 is 16.0 Å². The Kier molecular flexibility index (Phi) is 9.21. The van der Waals surface area contributed by atoms with E-state index in [0.29, 0.717) is 13.1 Å². The predicted octanol–water partition coefficient (Wildman–Crippen LogP) is 1.12. The summed E-state index contributed by atoms with van der Waals surface area (Å²) in [7, 11) is 0.